The van der Waals surface area contributed by atoms with Crippen molar-refractivity contribution in [2.45, 2.75) is 19.8 Å². The van der Waals surface area contributed by atoms with E-state index in [1.807, 2.05) is 12.2 Å². The minimum absolute atomic E-state index is 0.760. The van der Waals surface area contributed by atoms with Crippen LogP contribution in [0.25, 0.3) is 0 Å². The maximum absolute atomic E-state index is 3.63. The Labute approximate surface area is 62.9 Å². The van der Waals surface area contributed by atoms with E-state index < -0.39 is 0 Å². The zero-order valence-corrected chi connectivity index (χ0v) is 6.51. The van der Waals surface area contributed by atoms with Crippen molar-refractivity contribution < 1.29 is 0 Å². The van der Waals surface area contributed by atoms with E-state index in [0.717, 1.165) is 5.92 Å². The van der Waals surface area contributed by atoms with Gasteiger partial charge in [0.2, 0.25) is 0 Å². The number of allylic oxidation sites excluding steroid dienone is 5. The summed E-state index contributed by atoms with van der Waals surface area (Å²) in [5.74, 6) is 0.760. The van der Waals surface area contributed by atoms with Crippen molar-refractivity contribution in [3.05, 3.63) is 36.5 Å². The minimum atomic E-state index is 0.760. The SMILES string of the molecule is C=C/C=C\C1=CCCC1C. The van der Waals surface area contributed by atoms with E-state index in [-0.39, 0.29) is 0 Å². The lowest BCUT2D eigenvalue weighted by atomic mass is 10.0. The Morgan fingerprint density at radius 1 is 1.70 bits per heavy atom. The molecule has 0 amide bonds. The second kappa shape index (κ2) is 3.40. The Kier molecular flexibility index (Phi) is 2.49. The zero-order valence-electron chi connectivity index (χ0n) is 6.51. The molecular weight excluding hydrogens is 120 g/mol. The average molecular weight is 134 g/mol. The molecule has 0 radical (unpaired) electrons. The molecule has 0 heterocycles. The molecule has 1 aliphatic rings. The maximum Gasteiger partial charge on any atom is -0.0191 e. The molecule has 0 saturated carbocycles. The summed E-state index contributed by atoms with van der Waals surface area (Å²) in [6.07, 6.45) is 10.9. The minimum Gasteiger partial charge on any atom is -0.0991 e. The van der Waals surface area contributed by atoms with Gasteiger partial charge in [-0.25, -0.2) is 0 Å². The van der Waals surface area contributed by atoms with E-state index in [9.17, 15) is 0 Å². The zero-order chi connectivity index (χ0) is 7.40. The van der Waals surface area contributed by atoms with Crippen LogP contribution in [0.4, 0.5) is 0 Å². The van der Waals surface area contributed by atoms with Crippen LogP contribution in [-0.4, -0.2) is 0 Å². The monoisotopic (exact) mass is 134 g/mol. The van der Waals surface area contributed by atoms with Gasteiger partial charge >= 0.3 is 0 Å². The topological polar surface area (TPSA) is 0 Å². The highest BCUT2D eigenvalue weighted by Crippen LogP contribution is 2.25. The van der Waals surface area contributed by atoms with Crippen LogP contribution in [0, 0.1) is 5.92 Å². The summed E-state index contributed by atoms with van der Waals surface area (Å²) in [6.45, 7) is 5.90. The van der Waals surface area contributed by atoms with Crippen LogP contribution in [0.15, 0.2) is 36.5 Å². The standard InChI is InChI=1S/C10H14/c1-3-4-7-10-8-5-6-9(10)2/h3-4,7-9H,1,5-6H2,2H3/b7-4-. The first-order valence-corrected chi connectivity index (χ1v) is 3.83. The van der Waals surface area contributed by atoms with E-state index in [0.29, 0.717) is 0 Å². The first-order valence-electron chi connectivity index (χ1n) is 3.83. The van der Waals surface area contributed by atoms with Crippen LogP contribution >= 0.6 is 0 Å². The summed E-state index contributed by atoms with van der Waals surface area (Å²) in [6, 6.07) is 0. The van der Waals surface area contributed by atoms with Crippen LogP contribution in [0.1, 0.15) is 19.8 Å². The summed E-state index contributed by atoms with van der Waals surface area (Å²) < 4.78 is 0. The van der Waals surface area contributed by atoms with Crippen molar-refractivity contribution in [2.24, 2.45) is 5.92 Å². The van der Waals surface area contributed by atoms with Crippen LogP contribution in [0.2, 0.25) is 0 Å². The third kappa shape index (κ3) is 1.60. The van der Waals surface area contributed by atoms with Crippen LogP contribution in [0.5, 0.6) is 0 Å². The number of rotatable bonds is 2. The molecule has 0 spiro atoms. The largest absolute Gasteiger partial charge is 0.0991 e. The van der Waals surface area contributed by atoms with Crippen molar-refractivity contribution in [1.29, 1.82) is 0 Å². The Bertz CT molecular complexity index is 172. The highest BCUT2D eigenvalue weighted by atomic mass is 14.1. The van der Waals surface area contributed by atoms with Gasteiger partial charge in [0.1, 0.15) is 0 Å². The fourth-order valence-electron chi connectivity index (χ4n) is 1.28. The number of hydrogen-bond acceptors (Lipinski definition) is 0. The molecule has 1 atom stereocenters. The Balaban J connectivity index is 2.55. The van der Waals surface area contributed by atoms with Gasteiger partial charge in [-0.2, -0.15) is 0 Å². The Morgan fingerprint density at radius 2 is 2.50 bits per heavy atom. The van der Waals surface area contributed by atoms with Gasteiger partial charge in [-0.05, 0) is 24.3 Å². The van der Waals surface area contributed by atoms with Crippen molar-refractivity contribution in [3.63, 3.8) is 0 Å². The first-order chi connectivity index (χ1) is 4.84. The van der Waals surface area contributed by atoms with E-state index >= 15 is 0 Å². The normalized spacial score (nSPS) is 25.3. The molecule has 10 heavy (non-hydrogen) atoms. The van der Waals surface area contributed by atoms with E-state index in [1.165, 1.54) is 18.4 Å². The van der Waals surface area contributed by atoms with Crippen LogP contribution in [-0.2, 0) is 0 Å². The van der Waals surface area contributed by atoms with Gasteiger partial charge < -0.3 is 0 Å². The molecule has 0 nitrogen and oxygen atoms in total. The smallest absolute Gasteiger partial charge is 0.0191 e. The molecule has 54 valence electrons. The van der Waals surface area contributed by atoms with Crippen molar-refractivity contribution in [1.82, 2.24) is 0 Å². The molecule has 1 aliphatic carbocycles. The summed E-state index contributed by atoms with van der Waals surface area (Å²) >= 11 is 0. The van der Waals surface area contributed by atoms with Gasteiger partial charge in [0.15, 0.2) is 0 Å². The summed E-state index contributed by atoms with van der Waals surface area (Å²) in [5, 5.41) is 0. The molecule has 1 rings (SSSR count). The third-order valence-corrected chi connectivity index (χ3v) is 1.97. The molecule has 0 aliphatic heterocycles. The molecular formula is C10H14. The first kappa shape index (κ1) is 7.33. The lowest BCUT2D eigenvalue weighted by Gasteiger charge is -2.01. The predicted octanol–water partition coefficient (Wildman–Crippen LogP) is 3.08. The van der Waals surface area contributed by atoms with Crippen LogP contribution < -0.4 is 0 Å². The maximum atomic E-state index is 3.63. The Hall–Kier alpha value is -0.780. The van der Waals surface area contributed by atoms with Crippen molar-refractivity contribution in [2.75, 3.05) is 0 Å². The number of hydrogen-bond donors (Lipinski definition) is 0. The van der Waals surface area contributed by atoms with E-state index in [2.05, 4.69) is 25.7 Å². The second-order valence-corrected chi connectivity index (χ2v) is 2.78. The summed E-state index contributed by atoms with van der Waals surface area (Å²) in [4.78, 5) is 0. The van der Waals surface area contributed by atoms with Gasteiger partial charge in [0.25, 0.3) is 0 Å². The van der Waals surface area contributed by atoms with Crippen molar-refractivity contribution >= 4 is 0 Å². The van der Waals surface area contributed by atoms with E-state index in [4.69, 9.17) is 0 Å². The average Bonchev–Trinajstić information content (AvgIpc) is 2.31. The van der Waals surface area contributed by atoms with Gasteiger partial charge in [-0.1, -0.05) is 37.8 Å². The molecule has 0 saturated heterocycles. The molecule has 0 aromatic carbocycles. The van der Waals surface area contributed by atoms with Crippen molar-refractivity contribution in [3.8, 4) is 0 Å². The van der Waals surface area contributed by atoms with Crippen LogP contribution in [0.3, 0.4) is 0 Å². The lowest BCUT2D eigenvalue weighted by molar-refractivity contribution is 0.681. The quantitative estimate of drug-likeness (QED) is 0.509. The summed E-state index contributed by atoms with van der Waals surface area (Å²) in [7, 11) is 0. The predicted molar refractivity (Wildman–Crippen MR) is 45.8 cm³/mol. The molecule has 0 heteroatoms. The van der Waals surface area contributed by atoms with Gasteiger partial charge in [-0.15, -0.1) is 0 Å². The van der Waals surface area contributed by atoms with Gasteiger partial charge in [0.05, 0.1) is 0 Å². The lowest BCUT2D eigenvalue weighted by Crippen LogP contribution is -1.87. The molecule has 1 unspecified atom stereocenters. The third-order valence-electron chi connectivity index (χ3n) is 1.97. The summed E-state index contributed by atoms with van der Waals surface area (Å²) in [5.41, 5.74) is 1.47. The van der Waals surface area contributed by atoms with E-state index in [1.54, 1.807) is 0 Å². The fourth-order valence-corrected chi connectivity index (χ4v) is 1.28. The molecule has 0 fully saturated rings. The second-order valence-electron chi connectivity index (χ2n) is 2.78. The highest BCUT2D eigenvalue weighted by Gasteiger charge is 2.10. The van der Waals surface area contributed by atoms with Gasteiger partial charge in [0, 0.05) is 0 Å². The molecule has 0 aromatic heterocycles. The highest BCUT2D eigenvalue weighted by molar-refractivity contribution is 5.26. The molecule has 0 aromatic rings. The Morgan fingerprint density at radius 3 is 3.00 bits per heavy atom. The molecule has 0 N–H and O–H groups in total. The fraction of sp³-hybridized carbons (Fsp3) is 0.400. The van der Waals surface area contributed by atoms with Gasteiger partial charge in [-0.3, -0.25) is 0 Å². The molecule has 0 bridgehead atoms.